The summed E-state index contributed by atoms with van der Waals surface area (Å²) in [4.78, 5) is 0. The van der Waals surface area contributed by atoms with Crippen LogP contribution in [0.1, 0.15) is 5.69 Å². The zero-order valence-electron chi connectivity index (χ0n) is 11.6. The molecule has 0 saturated heterocycles. The fraction of sp³-hybridized carbons (Fsp3) is 0.308. The third-order valence-electron chi connectivity index (χ3n) is 2.94. The van der Waals surface area contributed by atoms with E-state index in [1.54, 1.807) is 26.3 Å². The standard InChI is InChI=1S/C13H17N3O3S/c1-16-13(14)12(11(15-16)8-20(3,17)18)9-4-6-10(19-2)7-5-9/h4-7H,8,14H2,1-3H3. The number of nitrogens with zero attached hydrogens (tertiary/aromatic N) is 2. The van der Waals surface area contributed by atoms with Crippen LogP contribution in [-0.4, -0.2) is 31.6 Å². The molecular weight excluding hydrogens is 278 g/mol. The highest BCUT2D eigenvalue weighted by molar-refractivity contribution is 7.89. The Kier molecular flexibility index (Phi) is 3.71. The van der Waals surface area contributed by atoms with Crippen molar-refractivity contribution in [3.05, 3.63) is 30.0 Å². The SMILES string of the molecule is COc1ccc(-c2c(CS(C)(=O)=O)nn(C)c2N)cc1. The second-order valence-electron chi connectivity index (χ2n) is 4.63. The van der Waals surface area contributed by atoms with E-state index in [1.807, 2.05) is 12.1 Å². The predicted molar refractivity (Wildman–Crippen MR) is 78.2 cm³/mol. The zero-order valence-corrected chi connectivity index (χ0v) is 12.4. The molecule has 7 heteroatoms. The van der Waals surface area contributed by atoms with Crippen molar-refractivity contribution in [2.24, 2.45) is 7.05 Å². The summed E-state index contributed by atoms with van der Waals surface area (Å²) in [5, 5.41) is 4.20. The summed E-state index contributed by atoms with van der Waals surface area (Å²) in [6, 6.07) is 7.26. The van der Waals surface area contributed by atoms with Gasteiger partial charge < -0.3 is 10.5 Å². The molecule has 20 heavy (non-hydrogen) atoms. The second-order valence-corrected chi connectivity index (χ2v) is 6.77. The first kappa shape index (κ1) is 14.4. The average Bonchev–Trinajstić information content (AvgIpc) is 2.63. The van der Waals surface area contributed by atoms with E-state index in [0.717, 1.165) is 11.3 Å². The van der Waals surface area contributed by atoms with Gasteiger partial charge in [-0.25, -0.2) is 8.42 Å². The van der Waals surface area contributed by atoms with Gasteiger partial charge in [0.25, 0.3) is 0 Å². The van der Waals surface area contributed by atoms with Crippen LogP contribution in [0.15, 0.2) is 24.3 Å². The smallest absolute Gasteiger partial charge is 0.153 e. The first-order chi connectivity index (χ1) is 9.31. The summed E-state index contributed by atoms with van der Waals surface area (Å²) in [5.74, 6) is 1.02. The summed E-state index contributed by atoms with van der Waals surface area (Å²) in [5.41, 5.74) is 7.92. The molecule has 2 aromatic rings. The van der Waals surface area contributed by atoms with Crippen molar-refractivity contribution in [3.8, 4) is 16.9 Å². The maximum absolute atomic E-state index is 11.5. The van der Waals surface area contributed by atoms with Gasteiger partial charge >= 0.3 is 0 Å². The highest BCUT2D eigenvalue weighted by atomic mass is 32.2. The maximum Gasteiger partial charge on any atom is 0.153 e. The lowest BCUT2D eigenvalue weighted by molar-refractivity contribution is 0.415. The molecule has 1 heterocycles. The van der Waals surface area contributed by atoms with Gasteiger partial charge in [-0.15, -0.1) is 0 Å². The molecule has 0 bridgehead atoms. The molecule has 0 amide bonds. The molecule has 0 aliphatic heterocycles. The Hall–Kier alpha value is -2.02. The number of nitrogens with two attached hydrogens (primary N) is 1. The van der Waals surface area contributed by atoms with Crippen molar-refractivity contribution in [1.82, 2.24) is 9.78 Å². The Morgan fingerprint density at radius 3 is 2.40 bits per heavy atom. The Morgan fingerprint density at radius 2 is 1.90 bits per heavy atom. The fourth-order valence-corrected chi connectivity index (χ4v) is 2.71. The van der Waals surface area contributed by atoms with Gasteiger partial charge in [0.15, 0.2) is 9.84 Å². The van der Waals surface area contributed by atoms with Crippen LogP contribution in [-0.2, 0) is 22.6 Å². The average molecular weight is 295 g/mol. The number of benzene rings is 1. The number of aromatic nitrogens is 2. The first-order valence-electron chi connectivity index (χ1n) is 5.95. The molecule has 0 atom stereocenters. The fourth-order valence-electron chi connectivity index (χ4n) is 2.02. The van der Waals surface area contributed by atoms with E-state index < -0.39 is 9.84 Å². The molecule has 0 fully saturated rings. The minimum absolute atomic E-state index is 0.139. The maximum atomic E-state index is 11.5. The van der Waals surface area contributed by atoms with Gasteiger partial charge in [0, 0.05) is 18.9 Å². The summed E-state index contributed by atoms with van der Waals surface area (Å²) in [6.45, 7) is 0. The minimum atomic E-state index is -3.18. The van der Waals surface area contributed by atoms with E-state index in [-0.39, 0.29) is 5.75 Å². The van der Waals surface area contributed by atoms with Crippen LogP contribution in [0.4, 0.5) is 5.82 Å². The van der Waals surface area contributed by atoms with Crippen molar-refractivity contribution in [3.63, 3.8) is 0 Å². The zero-order chi connectivity index (χ0) is 14.9. The minimum Gasteiger partial charge on any atom is -0.497 e. The third kappa shape index (κ3) is 2.93. The summed E-state index contributed by atoms with van der Waals surface area (Å²) in [7, 11) is 0.0945. The second kappa shape index (κ2) is 5.16. The van der Waals surface area contributed by atoms with E-state index in [2.05, 4.69) is 5.10 Å². The molecule has 2 N–H and O–H groups in total. The lowest BCUT2D eigenvalue weighted by Crippen LogP contribution is -2.03. The summed E-state index contributed by atoms with van der Waals surface area (Å²) < 4.78 is 29.6. The molecule has 6 nitrogen and oxygen atoms in total. The highest BCUT2D eigenvalue weighted by Gasteiger charge is 2.19. The monoisotopic (exact) mass is 295 g/mol. The molecule has 108 valence electrons. The van der Waals surface area contributed by atoms with E-state index in [9.17, 15) is 8.42 Å². The van der Waals surface area contributed by atoms with E-state index in [1.165, 1.54) is 10.9 Å². The van der Waals surface area contributed by atoms with Crippen molar-refractivity contribution in [2.75, 3.05) is 19.1 Å². The number of sulfone groups is 1. The molecule has 1 aromatic heterocycles. The molecule has 0 aliphatic rings. The van der Waals surface area contributed by atoms with Crippen LogP contribution in [0.2, 0.25) is 0 Å². The van der Waals surface area contributed by atoms with Crippen molar-refractivity contribution in [1.29, 1.82) is 0 Å². The Morgan fingerprint density at radius 1 is 1.30 bits per heavy atom. The predicted octanol–water partition coefficient (Wildman–Crippen LogP) is 1.22. The van der Waals surface area contributed by atoms with Crippen LogP contribution in [0.25, 0.3) is 11.1 Å². The number of hydrogen-bond acceptors (Lipinski definition) is 5. The molecule has 0 aliphatic carbocycles. The molecule has 0 unspecified atom stereocenters. The van der Waals surface area contributed by atoms with E-state index in [4.69, 9.17) is 10.5 Å². The Balaban J connectivity index is 2.53. The molecular formula is C13H17N3O3S. The van der Waals surface area contributed by atoms with Gasteiger partial charge in [0.05, 0.1) is 18.6 Å². The number of ether oxygens (including phenoxy) is 1. The number of methoxy groups -OCH3 is 1. The number of aryl methyl sites for hydroxylation is 1. The molecule has 1 aromatic carbocycles. The van der Waals surface area contributed by atoms with Crippen molar-refractivity contribution < 1.29 is 13.2 Å². The lowest BCUT2D eigenvalue weighted by atomic mass is 10.1. The Labute approximate surface area is 118 Å². The number of rotatable bonds is 4. The molecule has 0 radical (unpaired) electrons. The van der Waals surface area contributed by atoms with E-state index in [0.29, 0.717) is 17.1 Å². The van der Waals surface area contributed by atoms with Gasteiger partial charge in [0.2, 0.25) is 0 Å². The number of hydrogen-bond donors (Lipinski definition) is 1. The van der Waals surface area contributed by atoms with Crippen molar-refractivity contribution >= 4 is 15.7 Å². The topological polar surface area (TPSA) is 87.2 Å². The molecule has 2 rings (SSSR count). The lowest BCUT2D eigenvalue weighted by Gasteiger charge is -2.05. The summed E-state index contributed by atoms with van der Waals surface area (Å²) in [6.07, 6.45) is 1.18. The molecule has 0 spiro atoms. The van der Waals surface area contributed by atoms with Crippen LogP contribution >= 0.6 is 0 Å². The number of anilines is 1. The van der Waals surface area contributed by atoms with Gasteiger partial charge in [-0.3, -0.25) is 4.68 Å². The van der Waals surface area contributed by atoms with Crippen molar-refractivity contribution in [2.45, 2.75) is 5.75 Å². The quantitative estimate of drug-likeness (QED) is 0.916. The third-order valence-corrected chi connectivity index (χ3v) is 3.74. The van der Waals surface area contributed by atoms with Gasteiger partial charge in [-0.1, -0.05) is 12.1 Å². The van der Waals surface area contributed by atoms with Crippen LogP contribution < -0.4 is 10.5 Å². The highest BCUT2D eigenvalue weighted by Crippen LogP contribution is 2.31. The summed E-state index contributed by atoms with van der Waals surface area (Å²) >= 11 is 0. The molecule has 0 saturated carbocycles. The largest absolute Gasteiger partial charge is 0.497 e. The first-order valence-corrected chi connectivity index (χ1v) is 8.01. The van der Waals surface area contributed by atoms with Crippen LogP contribution in [0, 0.1) is 0 Å². The van der Waals surface area contributed by atoms with Crippen LogP contribution in [0.5, 0.6) is 5.75 Å². The van der Waals surface area contributed by atoms with Gasteiger partial charge in [0.1, 0.15) is 11.6 Å². The normalized spacial score (nSPS) is 11.6. The van der Waals surface area contributed by atoms with Crippen LogP contribution in [0.3, 0.4) is 0 Å². The van der Waals surface area contributed by atoms with E-state index >= 15 is 0 Å². The van der Waals surface area contributed by atoms with Gasteiger partial charge in [-0.05, 0) is 17.7 Å². The van der Waals surface area contributed by atoms with Gasteiger partial charge in [-0.2, -0.15) is 5.10 Å². The Bertz CT molecular complexity index is 718. The number of nitrogen functional groups attached to an aromatic ring is 1.